The van der Waals surface area contributed by atoms with Crippen molar-refractivity contribution in [3.8, 4) is 5.75 Å². The fraction of sp³-hybridized carbons (Fsp3) is 0.250. The molecule has 0 saturated heterocycles. The molecular weight excluding hydrogens is 286 g/mol. The molecule has 0 fully saturated rings. The van der Waals surface area contributed by atoms with Gasteiger partial charge in [-0.3, -0.25) is 4.79 Å². The maximum atomic E-state index is 12.2. The van der Waals surface area contributed by atoms with Gasteiger partial charge in [0, 0.05) is 12.1 Å². The highest BCUT2D eigenvalue weighted by molar-refractivity contribution is 6.06. The van der Waals surface area contributed by atoms with Crippen molar-refractivity contribution in [2.75, 3.05) is 27.7 Å². The molecule has 0 amide bonds. The van der Waals surface area contributed by atoms with Crippen molar-refractivity contribution in [3.05, 3.63) is 71.3 Å². The summed E-state index contributed by atoms with van der Waals surface area (Å²) in [4.78, 5) is 14.3. The van der Waals surface area contributed by atoms with Crippen molar-refractivity contribution in [2.24, 2.45) is 0 Å². The Labute approximate surface area is 138 Å². The van der Waals surface area contributed by atoms with E-state index >= 15 is 0 Å². The van der Waals surface area contributed by atoms with Gasteiger partial charge < -0.3 is 9.64 Å². The lowest BCUT2D eigenvalue weighted by Gasteiger charge is -2.09. The Morgan fingerprint density at radius 2 is 1.70 bits per heavy atom. The highest BCUT2D eigenvalue weighted by Gasteiger charge is 2.02. The Bertz CT molecular complexity index is 655. The second-order valence-corrected chi connectivity index (χ2v) is 5.72. The first-order valence-corrected chi connectivity index (χ1v) is 7.68. The number of ketones is 1. The fourth-order valence-electron chi connectivity index (χ4n) is 2.17. The zero-order chi connectivity index (χ0) is 16.7. The van der Waals surface area contributed by atoms with Crippen LogP contribution in [-0.2, 0) is 6.42 Å². The number of nitrogens with zero attached hydrogens (tertiary/aromatic N) is 1. The van der Waals surface area contributed by atoms with E-state index in [1.807, 2.05) is 54.6 Å². The molecule has 0 aliphatic heterocycles. The SMILES string of the molecule is COc1ccc(/C=C/C(=O)c2ccc(CCN(C)C)cc2)cc1. The number of rotatable bonds is 7. The van der Waals surface area contributed by atoms with Gasteiger partial charge in [-0.05, 0) is 49.9 Å². The first kappa shape index (κ1) is 17.0. The quantitative estimate of drug-likeness (QED) is 0.577. The van der Waals surface area contributed by atoms with Crippen molar-refractivity contribution in [2.45, 2.75) is 6.42 Å². The van der Waals surface area contributed by atoms with Gasteiger partial charge in [0.1, 0.15) is 5.75 Å². The topological polar surface area (TPSA) is 29.5 Å². The Morgan fingerprint density at radius 1 is 1.04 bits per heavy atom. The minimum Gasteiger partial charge on any atom is -0.497 e. The van der Waals surface area contributed by atoms with E-state index in [2.05, 4.69) is 19.0 Å². The minimum absolute atomic E-state index is 0.0139. The normalized spacial score (nSPS) is 11.1. The lowest BCUT2D eigenvalue weighted by atomic mass is 10.1. The van der Waals surface area contributed by atoms with Gasteiger partial charge in [-0.25, -0.2) is 0 Å². The molecule has 0 radical (unpaired) electrons. The first-order valence-electron chi connectivity index (χ1n) is 7.68. The smallest absolute Gasteiger partial charge is 0.185 e. The summed E-state index contributed by atoms with van der Waals surface area (Å²) in [5.74, 6) is 0.821. The summed E-state index contributed by atoms with van der Waals surface area (Å²) < 4.78 is 5.12. The van der Waals surface area contributed by atoms with E-state index in [1.165, 1.54) is 5.56 Å². The van der Waals surface area contributed by atoms with Gasteiger partial charge in [-0.1, -0.05) is 42.5 Å². The zero-order valence-corrected chi connectivity index (χ0v) is 14.0. The summed E-state index contributed by atoms with van der Waals surface area (Å²) in [7, 11) is 5.75. The van der Waals surface area contributed by atoms with Crippen LogP contribution in [0.2, 0.25) is 0 Å². The molecule has 0 aromatic heterocycles. The van der Waals surface area contributed by atoms with Gasteiger partial charge in [0.25, 0.3) is 0 Å². The average Bonchev–Trinajstić information content (AvgIpc) is 2.58. The van der Waals surface area contributed by atoms with E-state index in [0.717, 1.165) is 24.3 Å². The molecule has 0 N–H and O–H groups in total. The number of likely N-dealkylation sites (N-methyl/N-ethyl adjacent to an activating group) is 1. The number of ether oxygens (including phenoxy) is 1. The third-order valence-electron chi connectivity index (χ3n) is 3.63. The van der Waals surface area contributed by atoms with Crippen LogP contribution >= 0.6 is 0 Å². The molecule has 0 atom stereocenters. The first-order chi connectivity index (χ1) is 11.1. The number of methoxy groups -OCH3 is 1. The third kappa shape index (κ3) is 5.38. The van der Waals surface area contributed by atoms with Crippen LogP contribution in [0.15, 0.2) is 54.6 Å². The monoisotopic (exact) mass is 309 g/mol. The fourth-order valence-corrected chi connectivity index (χ4v) is 2.17. The molecular formula is C20H23NO2. The van der Waals surface area contributed by atoms with E-state index in [9.17, 15) is 4.79 Å². The van der Waals surface area contributed by atoms with E-state index in [0.29, 0.717) is 5.56 Å². The molecule has 0 spiro atoms. The van der Waals surface area contributed by atoms with Gasteiger partial charge in [0.2, 0.25) is 0 Å². The number of benzene rings is 2. The van der Waals surface area contributed by atoms with Crippen LogP contribution < -0.4 is 4.74 Å². The van der Waals surface area contributed by atoms with E-state index in [4.69, 9.17) is 4.74 Å². The van der Waals surface area contributed by atoms with E-state index in [1.54, 1.807) is 13.2 Å². The van der Waals surface area contributed by atoms with E-state index < -0.39 is 0 Å². The van der Waals surface area contributed by atoms with Crippen LogP contribution in [0, 0.1) is 0 Å². The summed E-state index contributed by atoms with van der Waals surface area (Å²) in [5, 5.41) is 0. The largest absolute Gasteiger partial charge is 0.497 e. The van der Waals surface area contributed by atoms with Crippen LogP contribution in [0.3, 0.4) is 0 Å². The molecule has 3 heteroatoms. The highest BCUT2D eigenvalue weighted by Crippen LogP contribution is 2.13. The molecule has 120 valence electrons. The summed E-state index contributed by atoms with van der Waals surface area (Å²) in [6, 6.07) is 15.4. The molecule has 2 aromatic carbocycles. The summed E-state index contributed by atoms with van der Waals surface area (Å²) in [5.41, 5.74) is 2.93. The average molecular weight is 309 g/mol. The van der Waals surface area contributed by atoms with Gasteiger partial charge in [0.15, 0.2) is 5.78 Å². The van der Waals surface area contributed by atoms with Gasteiger partial charge in [-0.15, -0.1) is 0 Å². The number of hydrogen-bond donors (Lipinski definition) is 0. The van der Waals surface area contributed by atoms with Gasteiger partial charge in [-0.2, -0.15) is 0 Å². The summed E-state index contributed by atoms with van der Waals surface area (Å²) >= 11 is 0. The number of carbonyl (C=O) groups excluding carboxylic acids is 1. The summed E-state index contributed by atoms with van der Waals surface area (Å²) in [6.07, 6.45) is 4.42. The number of hydrogen-bond acceptors (Lipinski definition) is 3. The number of carbonyl (C=O) groups is 1. The number of allylic oxidation sites excluding steroid dienone is 1. The molecule has 0 saturated carbocycles. The van der Waals surface area contributed by atoms with Crippen molar-refractivity contribution >= 4 is 11.9 Å². The Morgan fingerprint density at radius 3 is 2.26 bits per heavy atom. The highest BCUT2D eigenvalue weighted by atomic mass is 16.5. The Balaban J connectivity index is 1.97. The van der Waals surface area contributed by atoms with Gasteiger partial charge >= 0.3 is 0 Å². The van der Waals surface area contributed by atoms with E-state index in [-0.39, 0.29) is 5.78 Å². The summed E-state index contributed by atoms with van der Waals surface area (Å²) in [6.45, 7) is 1.00. The maximum Gasteiger partial charge on any atom is 0.185 e. The lowest BCUT2D eigenvalue weighted by Crippen LogP contribution is -2.15. The van der Waals surface area contributed by atoms with Crippen molar-refractivity contribution in [3.63, 3.8) is 0 Å². The van der Waals surface area contributed by atoms with Crippen LogP contribution in [0.25, 0.3) is 6.08 Å². The standard InChI is InChI=1S/C20H23NO2/c1-21(2)15-14-17-4-9-18(10-5-17)20(22)13-8-16-6-11-19(23-3)12-7-16/h4-13H,14-15H2,1-3H3/b13-8+. The van der Waals surface area contributed by atoms with Crippen molar-refractivity contribution in [1.82, 2.24) is 4.90 Å². The zero-order valence-electron chi connectivity index (χ0n) is 14.0. The molecule has 0 bridgehead atoms. The Hall–Kier alpha value is -2.39. The van der Waals surface area contributed by atoms with Crippen LogP contribution in [0.1, 0.15) is 21.5 Å². The maximum absolute atomic E-state index is 12.2. The lowest BCUT2D eigenvalue weighted by molar-refractivity contribution is 0.104. The van der Waals surface area contributed by atoms with Crippen LogP contribution in [-0.4, -0.2) is 38.4 Å². The minimum atomic E-state index is 0.0139. The third-order valence-corrected chi connectivity index (χ3v) is 3.63. The van der Waals surface area contributed by atoms with Crippen molar-refractivity contribution in [1.29, 1.82) is 0 Å². The van der Waals surface area contributed by atoms with Crippen molar-refractivity contribution < 1.29 is 9.53 Å². The second-order valence-electron chi connectivity index (χ2n) is 5.72. The van der Waals surface area contributed by atoms with Crippen LogP contribution in [0.5, 0.6) is 5.75 Å². The molecule has 23 heavy (non-hydrogen) atoms. The molecule has 0 unspecified atom stereocenters. The molecule has 0 heterocycles. The Kier molecular flexibility index (Phi) is 6.12. The molecule has 3 nitrogen and oxygen atoms in total. The molecule has 0 aliphatic carbocycles. The predicted octanol–water partition coefficient (Wildman–Crippen LogP) is 3.70. The van der Waals surface area contributed by atoms with Crippen LogP contribution in [0.4, 0.5) is 0 Å². The predicted molar refractivity (Wildman–Crippen MR) is 95.1 cm³/mol. The molecule has 2 aromatic rings. The van der Waals surface area contributed by atoms with Gasteiger partial charge in [0.05, 0.1) is 7.11 Å². The second kappa shape index (κ2) is 8.30. The molecule has 0 aliphatic rings. The molecule has 2 rings (SSSR count).